The summed E-state index contributed by atoms with van der Waals surface area (Å²) in [6, 6.07) is -1.38. The number of alkyl halides is 3. The summed E-state index contributed by atoms with van der Waals surface area (Å²) >= 11 is 0. The van der Waals surface area contributed by atoms with Crippen LogP contribution in [0.2, 0.25) is 0 Å². The summed E-state index contributed by atoms with van der Waals surface area (Å²) in [5, 5.41) is 3.72. The Kier molecular flexibility index (Phi) is 5.31. The zero-order valence-corrected chi connectivity index (χ0v) is 10.2. The van der Waals surface area contributed by atoms with Gasteiger partial charge in [0.1, 0.15) is 12.3 Å². The van der Waals surface area contributed by atoms with Crippen LogP contribution in [0.5, 0.6) is 0 Å². The summed E-state index contributed by atoms with van der Waals surface area (Å²) < 4.78 is 36.3. The van der Waals surface area contributed by atoms with Crippen LogP contribution in [0, 0.1) is 5.41 Å². The average molecular weight is 268 g/mol. The molecule has 0 fully saturated rings. The Labute approximate surface area is 102 Å². The molecule has 0 saturated carbocycles. The summed E-state index contributed by atoms with van der Waals surface area (Å²) in [7, 11) is 0. The Morgan fingerprint density at radius 1 is 1.22 bits per heavy atom. The highest BCUT2D eigenvalue weighted by atomic mass is 19.4. The highest BCUT2D eigenvalue weighted by Gasteiger charge is 2.43. The molecule has 2 amide bonds. The first-order valence-electron chi connectivity index (χ1n) is 5.09. The largest absolute Gasteiger partial charge is 0.471 e. The van der Waals surface area contributed by atoms with E-state index in [9.17, 15) is 27.6 Å². The predicted molar refractivity (Wildman–Crippen MR) is 56.5 cm³/mol. The lowest BCUT2D eigenvalue weighted by molar-refractivity contribution is -0.175. The summed E-state index contributed by atoms with van der Waals surface area (Å²) in [4.78, 5) is 32.5. The molecule has 0 aliphatic carbocycles. The van der Waals surface area contributed by atoms with Gasteiger partial charge in [0.15, 0.2) is 0 Å². The second-order valence-corrected chi connectivity index (χ2v) is 4.68. The zero-order valence-electron chi connectivity index (χ0n) is 10.2. The van der Waals surface area contributed by atoms with Gasteiger partial charge in [0, 0.05) is 0 Å². The molecule has 0 spiro atoms. The van der Waals surface area contributed by atoms with Crippen LogP contribution in [0.1, 0.15) is 20.8 Å². The van der Waals surface area contributed by atoms with Gasteiger partial charge in [-0.1, -0.05) is 20.8 Å². The minimum Gasteiger partial charge on any atom is -0.348 e. The summed E-state index contributed by atoms with van der Waals surface area (Å²) in [6.45, 7) is 4.16. The zero-order chi connectivity index (χ0) is 14.6. The molecule has 1 atom stereocenters. The molecule has 2 N–H and O–H groups in total. The third kappa shape index (κ3) is 5.15. The summed E-state index contributed by atoms with van der Waals surface area (Å²) in [6.07, 6.45) is -4.67. The molecule has 8 heteroatoms. The number of aldehydes is 1. The van der Waals surface area contributed by atoms with Crippen LogP contribution in [0.4, 0.5) is 13.2 Å². The van der Waals surface area contributed by atoms with E-state index in [1.54, 1.807) is 5.32 Å². The van der Waals surface area contributed by atoms with Crippen molar-refractivity contribution in [2.75, 3.05) is 6.54 Å². The minimum atomic E-state index is -5.06. The summed E-state index contributed by atoms with van der Waals surface area (Å²) in [5.41, 5.74) is -0.923. The number of carbonyl (C=O) groups is 3. The fourth-order valence-electron chi connectivity index (χ4n) is 1.13. The van der Waals surface area contributed by atoms with Crippen LogP contribution in [-0.2, 0) is 14.4 Å². The number of nitrogens with one attached hydrogen (secondary N) is 2. The molecule has 0 saturated heterocycles. The molecule has 104 valence electrons. The van der Waals surface area contributed by atoms with Crippen molar-refractivity contribution in [2.45, 2.75) is 33.0 Å². The van der Waals surface area contributed by atoms with Crippen LogP contribution < -0.4 is 10.6 Å². The quantitative estimate of drug-likeness (QED) is 0.724. The van der Waals surface area contributed by atoms with Gasteiger partial charge in [0.05, 0.1) is 6.54 Å². The second-order valence-electron chi connectivity index (χ2n) is 4.68. The number of hydrogen-bond donors (Lipinski definition) is 2. The Morgan fingerprint density at radius 2 is 1.72 bits per heavy atom. The SMILES string of the molecule is CC(C)(C)C(NC(=O)C(F)(F)F)C(=O)NCC=O. The van der Waals surface area contributed by atoms with Crippen molar-refractivity contribution >= 4 is 18.1 Å². The first-order valence-corrected chi connectivity index (χ1v) is 5.09. The molecule has 0 aliphatic heterocycles. The van der Waals surface area contributed by atoms with Gasteiger partial charge in [-0.3, -0.25) is 9.59 Å². The topological polar surface area (TPSA) is 75.3 Å². The maximum Gasteiger partial charge on any atom is 0.471 e. The van der Waals surface area contributed by atoms with Gasteiger partial charge in [-0.15, -0.1) is 0 Å². The lowest BCUT2D eigenvalue weighted by atomic mass is 9.86. The van der Waals surface area contributed by atoms with Crippen molar-refractivity contribution in [2.24, 2.45) is 5.41 Å². The van der Waals surface area contributed by atoms with Gasteiger partial charge in [-0.2, -0.15) is 13.2 Å². The van der Waals surface area contributed by atoms with E-state index in [0.717, 1.165) is 0 Å². The van der Waals surface area contributed by atoms with Crippen LogP contribution >= 0.6 is 0 Å². The van der Waals surface area contributed by atoms with Gasteiger partial charge in [0.2, 0.25) is 5.91 Å². The van der Waals surface area contributed by atoms with E-state index in [-0.39, 0.29) is 6.54 Å². The third-order valence-electron chi connectivity index (χ3n) is 2.02. The van der Waals surface area contributed by atoms with Crippen LogP contribution in [0.15, 0.2) is 0 Å². The standard InChI is InChI=1S/C10H15F3N2O3/c1-9(2,3)6(7(17)14-4-5-16)15-8(18)10(11,12)13/h5-6H,4H2,1-3H3,(H,14,17)(H,15,18). The predicted octanol–water partition coefficient (Wildman–Crippen LogP) is 0.395. The fourth-order valence-corrected chi connectivity index (χ4v) is 1.13. The molecule has 1 unspecified atom stereocenters. The molecular weight excluding hydrogens is 253 g/mol. The molecule has 0 aromatic carbocycles. The number of carbonyl (C=O) groups excluding carboxylic acids is 3. The monoisotopic (exact) mass is 268 g/mol. The molecule has 18 heavy (non-hydrogen) atoms. The highest BCUT2D eigenvalue weighted by Crippen LogP contribution is 2.22. The van der Waals surface area contributed by atoms with E-state index in [2.05, 4.69) is 5.32 Å². The van der Waals surface area contributed by atoms with E-state index in [0.29, 0.717) is 6.29 Å². The molecule has 0 radical (unpaired) electrons. The van der Waals surface area contributed by atoms with Gasteiger partial charge in [-0.05, 0) is 5.41 Å². The molecule has 0 aromatic rings. The Bertz CT molecular complexity index is 334. The molecule has 0 rings (SSSR count). The van der Waals surface area contributed by atoms with Crippen molar-refractivity contribution in [3.05, 3.63) is 0 Å². The molecule has 0 bridgehead atoms. The van der Waals surface area contributed by atoms with E-state index in [1.807, 2.05) is 0 Å². The Morgan fingerprint density at radius 3 is 2.06 bits per heavy atom. The average Bonchev–Trinajstić information content (AvgIpc) is 2.18. The van der Waals surface area contributed by atoms with Gasteiger partial charge in [0.25, 0.3) is 0 Å². The minimum absolute atomic E-state index is 0.326. The molecular formula is C10H15F3N2O3. The molecule has 0 aliphatic rings. The normalized spacial score (nSPS) is 13.7. The van der Waals surface area contributed by atoms with Crippen molar-refractivity contribution in [3.63, 3.8) is 0 Å². The van der Waals surface area contributed by atoms with E-state index in [1.165, 1.54) is 20.8 Å². The smallest absolute Gasteiger partial charge is 0.348 e. The molecule has 0 aromatic heterocycles. The lowest BCUT2D eigenvalue weighted by Crippen LogP contribution is -2.56. The fraction of sp³-hybridized carbons (Fsp3) is 0.700. The summed E-state index contributed by atoms with van der Waals surface area (Å²) in [5.74, 6) is -3.03. The van der Waals surface area contributed by atoms with E-state index in [4.69, 9.17) is 0 Å². The second kappa shape index (κ2) is 5.83. The van der Waals surface area contributed by atoms with E-state index < -0.39 is 29.4 Å². The van der Waals surface area contributed by atoms with Crippen LogP contribution in [-0.4, -0.2) is 36.9 Å². The molecule has 5 nitrogen and oxygen atoms in total. The van der Waals surface area contributed by atoms with Gasteiger partial charge >= 0.3 is 12.1 Å². The number of amides is 2. The number of hydrogen-bond acceptors (Lipinski definition) is 3. The number of halogens is 3. The Balaban J connectivity index is 4.87. The maximum atomic E-state index is 12.1. The highest BCUT2D eigenvalue weighted by molar-refractivity contribution is 5.91. The van der Waals surface area contributed by atoms with Crippen molar-refractivity contribution in [1.82, 2.24) is 10.6 Å². The van der Waals surface area contributed by atoms with Crippen molar-refractivity contribution in [3.8, 4) is 0 Å². The van der Waals surface area contributed by atoms with Gasteiger partial charge in [-0.25, -0.2) is 0 Å². The van der Waals surface area contributed by atoms with Crippen LogP contribution in [0.3, 0.4) is 0 Å². The molecule has 0 heterocycles. The first kappa shape index (κ1) is 16.4. The van der Waals surface area contributed by atoms with E-state index >= 15 is 0 Å². The maximum absolute atomic E-state index is 12.1. The first-order chi connectivity index (χ1) is 8.00. The third-order valence-corrected chi connectivity index (χ3v) is 2.02. The van der Waals surface area contributed by atoms with Crippen molar-refractivity contribution in [1.29, 1.82) is 0 Å². The number of rotatable bonds is 4. The lowest BCUT2D eigenvalue weighted by Gasteiger charge is -2.30. The van der Waals surface area contributed by atoms with Crippen LogP contribution in [0.25, 0.3) is 0 Å². The van der Waals surface area contributed by atoms with Crippen molar-refractivity contribution < 1.29 is 27.6 Å². The van der Waals surface area contributed by atoms with Gasteiger partial charge < -0.3 is 15.4 Å². The Hall–Kier alpha value is -1.60.